The number of rotatable bonds is 42. The zero-order chi connectivity index (χ0) is 39.0. The van der Waals surface area contributed by atoms with Crippen molar-refractivity contribution in [3.8, 4) is 0 Å². The first-order valence-electron chi connectivity index (χ1n) is 22.2. The Morgan fingerprint density at radius 1 is 0.481 bits per heavy atom. The van der Waals surface area contributed by atoms with Crippen LogP contribution in [0.15, 0.2) is 0 Å². The number of hydrogen-bond acceptors (Lipinski definition) is 8. The quantitative estimate of drug-likeness (QED) is 0.0351. The van der Waals surface area contributed by atoms with Crippen LogP contribution in [0.5, 0.6) is 0 Å². The van der Waals surface area contributed by atoms with Gasteiger partial charge in [0.1, 0.15) is 6.61 Å². The van der Waals surface area contributed by atoms with Crippen molar-refractivity contribution in [3.63, 3.8) is 0 Å². The fourth-order valence-electron chi connectivity index (χ4n) is 6.64. The lowest BCUT2D eigenvalue weighted by Gasteiger charge is -2.19. The molecule has 0 aliphatic carbocycles. The van der Waals surface area contributed by atoms with Gasteiger partial charge in [0.25, 0.3) is 0 Å². The Morgan fingerprint density at radius 2 is 0.815 bits per heavy atom. The molecule has 0 aromatic rings. The number of ether oxygens (including phenoxy) is 3. The van der Waals surface area contributed by atoms with Crippen molar-refractivity contribution in [2.24, 2.45) is 5.73 Å². The van der Waals surface area contributed by atoms with Crippen LogP contribution >= 0.6 is 12.4 Å². The number of carbonyl (C=O) groups is 4. The van der Waals surface area contributed by atoms with E-state index < -0.39 is 23.9 Å². The third kappa shape index (κ3) is 40.0. The molecule has 54 heavy (non-hydrogen) atoms. The standard InChI is InChI=1S/C44H83NO8.ClH/c1-3-5-7-9-11-13-15-17-19-21-23-25-27-29-31-33-42(47)52-38-40(37-51-36-39(45)35-41(46)44(49)50)53-43(48)34-32-30-28-26-24-22-20-18-16-14-12-10-8-6-4-2;/h39-40H,3-38,45H2,1-2H3,(H,49,50);1H. The van der Waals surface area contributed by atoms with Crippen LogP contribution in [0.4, 0.5) is 0 Å². The van der Waals surface area contributed by atoms with E-state index in [-0.39, 0.29) is 57.0 Å². The molecule has 2 unspecified atom stereocenters. The number of nitrogens with two attached hydrogens (primary N) is 1. The molecule has 0 radical (unpaired) electrons. The van der Waals surface area contributed by atoms with E-state index in [1.54, 1.807) is 0 Å². The molecule has 0 aromatic carbocycles. The molecule has 0 aromatic heterocycles. The van der Waals surface area contributed by atoms with E-state index >= 15 is 0 Å². The minimum atomic E-state index is -1.54. The first-order chi connectivity index (χ1) is 25.8. The third-order valence-corrected chi connectivity index (χ3v) is 10.0. The number of unbranched alkanes of at least 4 members (excludes halogenated alkanes) is 28. The first kappa shape index (κ1) is 54.4. The molecule has 2 atom stereocenters. The van der Waals surface area contributed by atoms with Crippen molar-refractivity contribution in [3.05, 3.63) is 0 Å². The summed E-state index contributed by atoms with van der Waals surface area (Å²) < 4.78 is 16.6. The van der Waals surface area contributed by atoms with Gasteiger partial charge in [0, 0.05) is 25.3 Å². The molecule has 0 rings (SSSR count). The van der Waals surface area contributed by atoms with E-state index in [2.05, 4.69) is 13.8 Å². The smallest absolute Gasteiger partial charge is 0.372 e. The summed E-state index contributed by atoms with van der Waals surface area (Å²) in [6.07, 6.45) is 37.0. The summed E-state index contributed by atoms with van der Waals surface area (Å²) in [5.74, 6) is -3.21. The summed E-state index contributed by atoms with van der Waals surface area (Å²) >= 11 is 0. The van der Waals surface area contributed by atoms with E-state index in [9.17, 15) is 19.2 Å². The Morgan fingerprint density at radius 3 is 1.17 bits per heavy atom. The van der Waals surface area contributed by atoms with E-state index in [4.69, 9.17) is 25.1 Å². The number of aliphatic carboxylic acids is 1. The topological polar surface area (TPSA) is 142 Å². The lowest BCUT2D eigenvalue weighted by Crippen LogP contribution is -2.35. The van der Waals surface area contributed by atoms with Gasteiger partial charge in [-0.2, -0.15) is 0 Å². The fourth-order valence-corrected chi connectivity index (χ4v) is 6.64. The summed E-state index contributed by atoms with van der Waals surface area (Å²) in [6.45, 7) is 4.25. The number of halogens is 1. The molecule has 10 heteroatoms. The normalized spacial score (nSPS) is 12.2. The zero-order valence-electron chi connectivity index (χ0n) is 34.9. The highest BCUT2D eigenvalue weighted by Crippen LogP contribution is 2.16. The summed E-state index contributed by atoms with van der Waals surface area (Å²) in [5, 5.41) is 8.80. The van der Waals surface area contributed by atoms with Crippen molar-refractivity contribution in [2.75, 3.05) is 19.8 Å². The lowest BCUT2D eigenvalue weighted by molar-refractivity contribution is -0.163. The van der Waals surface area contributed by atoms with Crippen LogP contribution in [0, 0.1) is 0 Å². The van der Waals surface area contributed by atoms with Crippen molar-refractivity contribution in [2.45, 2.75) is 238 Å². The van der Waals surface area contributed by atoms with Crippen LogP contribution in [0.2, 0.25) is 0 Å². The minimum Gasteiger partial charge on any atom is -0.476 e. The number of ketones is 1. The molecule has 3 N–H and O–H groups in total. The van der Waals surface area contributed by atoms with Crippen LogP contribution in [0.3, 0.4) is 0 Å². The van der Waals surface area contributed by atoms with Gasteiger partial charge in [-0.1, -0.05) is 194 Å². The summed E-state index contributed by atoms with van der Waals surface area (Å²) in [5.41, 5.74) is 5.84. The van der Waals surface area contributed by atoms with Gasteiger partial charge in [0.2, 0.25) is 5.78 Å². The number of carbonyl (C=O) groups excluding carboxylic acids is 3. The highest BCUT2D eigenvalue weighted by molar-refractivity contribution is 6.32. The summed E-state index contributed by atoms with van der Waals surface area (Å²) in [4.78, 5) is 47.3. The largest absolute Gasteiger partial charge is 0.476 e. The van der Waals surface area contributed by atoms with Gasteiger partial charge < -0.3 is 25.1 Å². The number of hydrogen-bond donors (Lipinski definition) is 2. The predicted octanol–water partition coefficient (Wildman–Crippen LogP) is 11.8. The molecule has 0 spiro atoms. The Labute approximate surface area is 337 Å². The molecule has 0 saturated heterocycles. The van der Waals surface area contributed by atoms with Gasteiger partial charge in [0.15, 0.2) is 6.10 Å². The average Bonchev–Trinajstić information content (AvgIpc) is 3.13. The predicted molar refractivity (Wildman–Crippen MR) is 223 cm³/mol. The van der Waals surface area contributed by atoms with Crippen molar-refractivity contribution in [1.82, 2.24) is 0 Å². The molecular formula is C44H84ClNO8. The molecule has 9 nitrogen and oxygen atoms in total. The van der Waals surface area contributed by atoms with Crippen molar-refractivity contribution in [1.29, 1.82) is 0 Å². The molecule has 0 aliphatic rings. The van der Waals surface area contributed by atoms with E-state index in [0.717, 1.165) is 38.5 Å². The molecule has 320 valence electrons. The molecule has 0 fully saturated rings. The molecule has 0 amide bonds. The van der Waals surface area contributed by atoms with Crippen LogP contribution in [-0.2, 0) is 33.4 Å². The number of carboxylic acid groups (broad SMARTS) is 1. The van der Waals surface area contributed by atoms with Crippen LogP contribution in [0.25, 0.3) is 0 Å². The Balaban J connectivity index is 0. The average molecular weight is 791 g/mol. The first-order valence-corrected chi connectivity index (χ1v) is 22.2. The van der Waals surface area contributed by atoms with E-state index in [0.29, 0.717) is 6.42 Å². The number of Topliss-reactive ketones (excluding diaryl/α,β-unsaturated/α-hetero) is 1. The van der Waals surface area contributed by atoms with Gasteiger partial charge in [0.05, 0.1) is 13.2 Å². The molecule has 0 heterocycles. The number of esters is 2. The van der Waals surface area contributed by atoms with Crippen molar-refractivity contribution < 1.29 is 38.5 Å². The van der Waals surface area contributed by atoms with Gasteiger partial charge >= 0.3 is 17.9 Å². The van der Waals surface area contributed by atoms with Crippen LogP contribution in [-0.4, -0.2) is 60.8 Å². The second kappa shape index (κ2) is 42.4. The Hall–Kier alpha value is -1.71. The van der Waals surface area contributed by atoms with E-state index in [1.165, 1.54) is 154 Å². The van der Waals surface area contributed by atoms with Gasteiger partial charge in [-0.25, -0.2) is 4.79 Å². The van der Waals surface area contributed by atoms with Crippen LogP contribution in [0.1, 0.15) is 226 Å². The SMILES string of the molecule is CCCCCCCCCCCCCCCCCC(=O)OCC(COCC(N)CC(=O)C(=O)O)OC(=O)CCCCCCCCCCCCCCCCC.Cl. The monoisotopic (exact) mass is 790 g/mol. The van der Waals surface area contributed by atoms with Gasteiger partial charge in [-0.3, -0.25) is 14.4 Å². The summed E-state index contributed by atoms with van der Waals surface area (Å²) in [6, 6.07) is -0.803. The fraction of sp³-hybridized carbons (Fsp3) is 0.909. The van der Waals surface area contributed by atoms with Gasteiger partial charge in [-0.15, -0.1) is 12.4 Å². The highest BCUT2D eigenvalue weighted by atomic mass is 35.5. The maximum atomic E-state index is 12.6. The highest BCUT2D eigenvalue weighted by Gasteiger charge is 2.20. The summed E-state index contributed by atoms with van der Waals surface area (Å²) in [7, 11) is 0. The molecule has 0 bridgehead atoms. The zero-order valence-corrected chi connectivity index (χ0v) is 35.7. The van der Waals surface area contributed by atoms with Crippen molar-refractivity contribution >= 4 is 36.1 Å². The third-order valence-electron chi connectivity index (χ3n) is 10.0. The number of carboxylic acids is 1. The second-order valence-corrected chi connectivity index (χ2v) is 15.4. The van der Waals surface area contributed by atoms with Gasteiger partial charge in [-0.05, 0) is 12.8 Å². The van der Waals surface area contributed by atoms with Crippen LogP contribution < -0.4 is 5.73 Å². The maximum Gasteiger partial charge on any atom is 0.372 e. The minimum absolute atomic E-state index is 0. The molecule has 0 aliphatic heterocycles. The Bertz CT molecular complexity index is 874. The van der Waals surface area contributed by atoms with E-state index in [1.807, 2.05) is 0 Å². The Kier molecular flexibility index (Phi) is 42.7. The second-order valence-electron chi connectivity index (χ2n) is 15.4. The lowest BCUT2D eigenvalue weighted by atomic mass is 10.0. The molecule has 0 saturated carbocycles. The molecular weight excluding hydrogens is 706 g/mol. The maximum absolute atomic E-state index is 12.6.